The number of hydrogen-bond donors (Lipinski definition) is 0. The lowest BCUT2D eigenvalue weighted by Gasteiger charge is -2.09. The Morgan fingerprint density at radius 2 is 0.900 bits per heavy atom. The molecule has 2 aromatic rings. The Morgan fingerprint density at radius 1 is 0.450 bits per heavy atom. The predicted molar refractivity (Wildman–Crippen MR) is 51.5 cm³/mol. The molecule has 0 aliphatic rings. The molecule has 106 valence electrons. The summed E-state index contributed by atoms with van der Waals surface area (Å²) in [6.07, 6.45) is 0. The van der Waals surface area contributed by atoms with Crippen LogP contribution in [-0.2, 0) is 0 Å². The average molecular weight is 298 g/mol. The van der Waals surface area contributed by atoms with Gasteiger partial charge >= 0.3 is 0 Å². The van der Waals surface area contributed by atoms with Crippen molar-refractivity contribution in [1.82, 2.24) is 0 Å². The molecule has 0 atom stereocenters. The highest BCUT2D eigenvalue weighted by atomic mass is 19.2. The van der Waals surface area contributed by atoms with E-state index in [0.717, 1.165) is 0 Å². The van der Waals surface area contributed by atoms with Crippen molar-refractivity contribution in [2.75, 3.05) is 0 Å². The summed E-state index contributed by atoms with van der Waals surface area (Å²) in [7, 11) is 0. The van der Waals surface area contributed by atoms with Crippen LogP contribution in [-0.4, -0.2) is 0 Å². The molecule has 2 aromatic carbocycles. The molecule has 0 radical (unpaired) electrons. The number of hydrogen-bond acceptors (Lipinski definition) is 0. The molecular formula is C12H2F8. The first-order chi connectivity index (χ1) is 9.27. The van der Waals surface area contributed by atoms with E-state index in [1.165, 1.54) is 0 Å². The molecule has 0 unspecified atom stereocenters. The Bertz CT molecular complexity index is 678. The zero-order valence-corrected chi connectivity index (χ0v) is 9.18. The van der Waals surface area contributed by atoms with E-state index in [1.807, 2.05) is 0 Å². The van der Waals surface area contributed by atoms with Gasteiger partial charge in [0.1, 0.15) is 0 Å². The van der Waals surface area contributed by atoms with Gasteiger partial charge in [-0.1, -0.05) is 0 Å². The van der Waals surface area contributed by atoms with Gasteiger partial charge in [-0.25, -0.2) is 35.1 Å². The SMILES string of the molecule is Fc1ccc(-c2c(F)c(F)c(F)c(F)c2F)c(F)c1F. The van der Waals surface area contributed by atoms with Gasteiger partial charge in [0.25, 0.3) is 0 Å². The first-order valence-electron chi connectivity index (χ1n) is 4.92. The molecule has 0 aliphatic carbocycles. The molecule has 20 heavy (non-hydrogen) atoms. The van der Waals surface area contributed by atoms with Crippen LogP contribution in [0.25, 0.3) is 11.1 Å². The molecule has 0 bridgehead atoms. The molecule has 0 nitrogen and oxygen atoms in total. The summed E-state index contributed by atoms with van der Waals surface area (Å²) in [6, 6.07) is 0.665. The summed E-state index contributed by atoms with van der Waals surface area (Å²) in [5, 5.41) is 0. The van der Waals surface area contributed by atoms with Gasteiger partial charge in [-0.15, -0.1) is 0 Å². The van der Waals surface area contributed by atoms with Crippen LogP contribution in [0.4, 0.5) is 35.1 Å². The maximum absolute atomic E-state index is 13.4. The Hall–Kier alpha value is -2.12. The molecule has 0 saturated heterocycles. The highest BCUT2D eigenvalue weighted by molar-refractivity contribution is 5.66. The van der Waals surface area contributed by atoms with Gasteiger partial charge in [-0.05, 0) is 12.1 Å². The third-order valence-electron chi connectivity index (χ3n) is 2.51. The molecule has 2 rings (SSSR count). The summed E-state index contributed by atoms with van der Waals surface area (Å²) < 4.78 is 105. The van der Waals surface area contributed by atoms with Crippen LogP contribution >= 0.6 is 0 Å². The number of benzene rings is 2. The standard InChI is InChI=1S/C12H2F8/c13-4-2-1-3(6(14)7(4)15)5-8(16)10(18)12(20)11(19)9(5)17/h1-2H. The van der Waals surface area contributed by atoms with Crippen LogP contribution in [0.3, 0.4) is 0 Å². The van der Waals surface area contributed by atoms with E-state index in [2.05, 4.69) is 0 Å². The molecule has 0 N–H and O–H groups in total. The Balaban J connectivity index is 2.87. The Kier molecular flexibility index (Phi) is 3.41. The van der Waals surface area contributed by atoms with Crippen molar-refractivity contribution < 1.29 is 35.1 Å². The highest BCUT2D eigenvalue weighted by Crippen LogP contribution is 2.34. The van der Waals surface area contributed by atoms with Crippen molar-refractivity contribution in [3.8, 4) is 11.1 Å². The van der Waals surface area contributed by atoms with Gasteiger partial charge in [0.15, 0.2) is 40.7 Å². The fourth-order valence-corrected chi connectivity index (χ4v) is 1.56. The molecule has 8 heteroatoms. The van der Waals surface area contributed by atoms with Crippen molar-refractivity contribution in [2.45, 2.75) is 0 Å². The van der Waals surface area contributed by atoms with Crippen LogP contribution < -0.4 is 0 Å². The monoisotopic (exact) mass is 298 g/mol. The maximum Gasteiger partial charge on any atom is 0.200 e. The van der Waals surface area contributed by atoms with Crippen molar-refractivity contribution in [2.24, 2.45) is 0 Å². The van der Waals surface area contributed by atoms with E-state index in [1.54, 1.807) is 0 Å². The third kappa shape index (κ3) is 1.91. The van der Waals surface area contributed by atoms with Crippen molar-refractivity contribution in [1.29, 1.82) is 0 Å². The van der Waals surface area contributed by atoms with Crippen LogP contribution in [0, 0.1) is 46.5 Å². The summed E-state index contributed by atoms with van der Waals surface area (Å²) in [5.74, 6) is -17.6. The smallest absolute Gasteiger partial charge is 0.200 e. The van der Waals surface area contributed by atoms with Crippen LogP contribution in [0.5, 0.6) is 0 Å². The Labute approximate surface area is 106 Å². The first kappa shape index (κ1) is 14.3. The molecule has 0 aliphatic heterocycles. The van der Waals surface area contributed by atoms with Gasteiger partial charge < -0.3 is 0 Å². The lowest BCUT2D eigenvalue weighted by molar-refractivity contribution is 0.380. The quantitative estimate of drug-likeness (QED) is 0.414. The van der Waals surface area contributed by atoms with E-state index >= 15 is 0 Å². The summed E-state index contributed by atoms with van der Waals surface area (Å²) >= 11 is 0. The first-order valence-corrected chi connectivity index (χ1v) is 4.92. The zero-order chi connectivity index (χ0) is 15.2. The van der Waals surface area contributed by atoms with Crippen molar-refractivity contribution >= 4 is 0 Å². The van der Waals surface area contributed by atoms with Gasteiger partial charge in [-0.2, -0.15) is 0 Å². The van der Waals surface area contributed by atoms with Gasteiger partial charge in [-0.3, -0.25) is 0 Å². The fourth-order valence-electron chi connectivity index (χ4n) is 1.56. The van der Waals surface area contributed by atoms with Crippen LogP contribution in [0.2, 0.25) is 0 Å². The fraction of sp³-hybridized carbons (Fsp3) is 0. The minimum Gasteiger partial charge on any atom is -0.204 e. The molecular weight excluding hydrogens is 296 g/mol. The van der Waals surface area contributed by atoms with Crippen molar-refractivity contribution in [3.63, 3.8) is 0 Å². The maximum atomic E-state index is 13.4. The second kappa shape index (κ2) is 4.77. The second-order valence-electron chi connectivity index (χ2n) is 3.67. The predicted octanol–water partition coefficient (Wildman–Crippen LogP) is 4.47. The topological polar surface area (TPSA) is 0 Å². The third-order valence-corrected chi connectivity index (χ3v) is 2.51. The molecule has 0 fully saturated rings. The van der Waals surface area contributed by atoms with E-state index in [4.69, 9.17) is 0 Å². The lowest BCUT2D eigenvalue weighted by Crippen LogP contribution is -2.06. The minimum atomic E-state index is -2.44. The van der Waals surface area contributed by atoms with Crippen LogP contribution in [0.15, 0.2) is 12.1 Å². The molecule has 0 aromatic heterocycles. The molecule has 0 spiro atoms. The van der Waals surface area contributed by atoms with Gasteiger partial charge in [0.2, 0.25) is 5.82 Å². The number of rotatable bonds is 1. The lowest BCUT2D eigenvalue weighted by atomic mass is 10.0. The number of halogens is 8. The van der Waals surface area contributed by atoms with E-state index < -0.39 is 57.7 Å². The second-order valence-corrected chi connectivity index (χ2v) is 3.67. The molecule has 0 heterocycles. The summed E-state index contributed by atoms with van der Waals surface area (Å²) in [5.41, 5.74) is -2.95. The summed E-state index contributed by atoms with van der Waals surface area (Å²) in [6.45, 7) is 0. The average Bonchev–Trinajstić information content (AvgIpc) is 2.43. The largest absolute Gasteiger partial charge is 0.204 e. The summed E-state index contributed by atoms with van der Waals surface area (Å²) in [4.78, 5) is 0. The van der Waals surface area contributed by atoms with E-state index in [9.17, 15) is 35.1 Å². The van der Waals surface area contributed by atoms with E-state index in [-0.39, 0.29) is 0 Å². The zero-order valence-electron chi connectivity index (χ0n) is 9.18. The molecule has 0 amide bonds. The van der Waals surface area contributed by atoms with Gasteiger partial charge in [0, 0.05) is 5.56 Å². The highest BCUT2D eigenvalue weighted by Gasteiger charge is 2.29. The minimum absolute atomic E-state index is 0.297. The van der Waals surface area contributed by atoms with Crippen LogP contribution in [0.1, 0.15) is 0 Å². The van der Waals surface area contributed by atoms with Crippen molar-refractivity contribution in [3.05, 3.63) is 58.7 Å². The normalized spacial score (nSPS) is 11.0. The van der Waals surface area contributed by atoms with E-state index in [0.29, 0.717) is 12.1 Å². The Morgan fingerprint density at radius 3 is 1.40 bits per heavy atom. The van der Waals surface area contributed by atoms with Gasteiger partial charge in [0.05, 0.1) is 5.56 Å². The molecule has 0 saturated carbocycles.